The summed E-state index contributed by atoms with van der Waals surface area (Å²) >= 11 is 1.08. The minimum atomic E-state index is -0.519. The highest BCUT2D eigenvalue weighted by molar-refractivity contribution is 7.98. The van der Waals surface area contributed by atoms with Crippen molar-refractivity contribution in [3.8, 4) is 0 Å². The van der Waals surface area contributed by atoms with E-state index in [2.05, 4.69) is 4.98 Å². The molecule has 3 rings (SSSR count). The molecule has 0 aliphatic carbocycles. The molecule has 0 atom stereocenters. The number of benzene rings is 2. The molecule has 4 nitrogen and oxygen atoms in total. The van der Waals surface area contributed by atoms with E-state index < -0.39 is 11.6 Å². The highest BCUT2D eigenvalue weighted by Crippen LogP contribution is 2.23. The van der Waals surface area contributed by atoms with Crippen molar-refractivity contribution in [2.24, 2.45) is 0 Å². The van der Waals surface area contributed by atoms with Gasteiger partial charge in [0.05, 0.1) is 10.9 Å². The quantitative estimate of drug-likeness (QED) is 0.455. The van der Waals surface area contributed by atoms with Crippen molar-refractivity contribution in [3.63, 3.8) is 0 Å². The number of hydrogen-bond donors (Lipinski definition) is 1. The zero-order chi connectivity index (χ0) is 16.6. The van der Waals surface area contributed by atoms with Crippen LogP contribution in [0, 0.1) is 18.6 Å². The summed E-state index contributed by atoms with van der Waals surface area (Å²) in [6.45, 7) is 1.87. The molecule has 0 saturated heterocycles. The Labute approximate surface area is 134 Å². The van der Waals surface area contributed by atoms with Gasteiger partial charge in [0.15, 0.2) is 5.16 Å². The minimum Gasteiger partial charge on any atom is -0.334 e. The van der Waals surface area contributed by atoms with E-state index in [1.165, 1.54) is 0 Å². The van der Waals surface area contributed by atoms with Crippen LogP contribution < -0.4 is 11.4 Å². The van der Waals surface area contributed by atoms with Crippen molar-refractivity contribution in [1.82, 2.24) is 9.66 Å². The standard InChI is InChI=1S/C16H13F2N3OS/c1-9-2-5-14-12(6-9)15(22)21(19)16(20-14)23-8-10-7-11(17)3-4-13(10)18/h2-7H,8,19H2,1H3. The van der Waals surface area contributed by atoms with E-state index in [1.54, 1.807) is 12.1 Å². The van der Waals surface area contributed by atoms with Crippen LogP contribution in [0.5, 0.6) is 0 Å². The number of aryl methyl sites for hydroxylation is 1. The molecule has 0 radical (unpaired) electrons. The molecule has 0 bridgehead atoms. The second kappa shape index (κ2) is 6.00. The van der Waals surface area contributed by atoms with Gasteiger partial charge < -0.3 is 5.84 Å². The summed E-state index contributed by atoms with van der Waals surface area (Å²) in [6.07, 6.45) is 0. The maximum Gasteiger partial charge on any atom is 0.280 e. The fourth-order valence-corrected chi connectivity index (χ4v) is 3.08. The van der Waals surface area contributed by atoms with Gasteiger partial charge in [-0.2, -0.15) is 0 Å². The lowest BCUT2D eigenvalue weighted by Gasteiger charge is -2.09. The second-order valence-corrected chi connectivity index (χ2v) is 6.06. The summed E-state index contributed by atoms with van der Waals surface area (Å²) in [5.41, 5.74) is 1.26. The third-order valence-electron chi connectivity index (χ3n) is 3.39. The van der Waals surface area contributed by atoms with E-state index in [9.17, 15) is 13.6 Å². The van der Waals surface area contributed by atoms with Crippen molar-refractivity contribution >= 4 is 22.7 Å². The number of nitrogens with zero attached hydrogens (tertiary/aromatic N) is 2. The van der Waals surface area contributed by atoms with Crippen LogP contribution in [0.15, 0.2) is 46.3 Å². The minimum absolute atomic E-state index is 0.116. The molecule has 0 saturated carbocycles. The molecule has 0 aliphatic rings. The molecule has 7 heteroatoms. The van der Waals surface area contributed by atoms with Gasteiger partial charge in [0, 0.05) is 11.3 Å². The number of fused-ring (bicyclic) bond motifs is 1. The van der Waals surface area contributed by atoms with E-state index >= 15 is 0 Å². The molecule has 0 spiro atoms. The van der Waals surface area contributed by atoms with Gasteiger partial charge in [-0.05, 0) is 37.3 Å². The Kier molecular flexibility index (Phi) is 4.04. The van der Waals surface area contributed by atoms with Gasteiger partial charge in [-0.15, -0.1) is 0 Å². The molecular weight excluding hydrogens is 320 g/mol. The van der Waals surface area contributed by atoms with Crippen LogP contribution in [0.25, 0.3) is 10.9 Å². The summed E-state index contributed by atoms with van der Waals surface area (Å²) in [6, 6.07) is 8.53. The van der Waals surface area contributed by atoms with Gasteiger partial charge in [0.25, 0.3) is 5.56 Å². The molecule has 2 N–H and O–H groups in total. The van der Waals surface area contributed by atoms with Gasteiger partial charge >= 0.3 is 0 Å². The number of halogens is 2. The summed E-state index contributed by atoms with van der Waals surface area (Å²) in [7, 11) is 0. The van der Waals surface area contributed by atoms with Crippen molar-refractivity contribution in [3.05, 3.63) is 69.5 Å². The van der Waals surface area contributed by atoms with Crippen LogP contribution in [0.1, 0.15) is 11.1 Å². The Hall–Kier alpha value is -2.41. The first-order valence-corrected chi connectivity index (χ1v) is 7.79. The van der Waals surface area contributed by atoms with Gasteiger partial charge in [0.2, 0.25) is 0 Å². The third kappa shape index (κ3) is 3.05. The number of nitrogen functional groups attached to an aromatic ring is 1. The Morgan fingerprint density at radius 1 is 1.22 bits per heavy atom. The topological polar surface area (TPSA) is 60.9 Å². The second-order valence-electron chi connectivity index (χ2n) is 5.11. The maximum atomic E-state index is 13.6. The van der Waals surface area contributed by atoms with E-state index in [0.717, 1.165) is 40.2 Å². The molecule has 0 unspecified atom stereocenters. The lowest BCUT2D eigenvalue weighted by atomic mass is 10.2. The highest BCUT2D eigenvalue weighted by Gasteiger charge is 2.11. The smallest absolute Gasteiger partial charge is 0.280 e. The number of rotatable bonds is 3. The van der Waals surface area contributed by atoms with Crippen molar-refractivity contribution in [1.29, 1.82) is 0 Å². The Bertz CT molecular complexity index is 956. The molecule has 0 fully saturated rings. The van der Waals surface area contributed by atoms with Crippen LogP contribution in [0.2, 0.25) is 0 Å². The summed E-state index contributed by atoms with van der Waals surface area (Å²) < 4.78 is 27.8. The number of nitrogens with two attached hydrogens (primary N) is 1. The molecule has 0 aliphatic heterocycles. The lowest BCUT2D eigenvalue weighted by Crippen LogP contribution is -2.29. The van der Waals surface area contributed by atoms with Gasteiger partial charge in [-0.1, -0.05) is 23.4 Å². The third-order valence-corrected chi connectivity index (χ3v) is 4.39. The first-order chi connectivity index (χ1) is 11.0. The molecule has 118 valence electrons. The fraction of sp³-hybridized carbons (Fsp3) is 0.125. The Morgan fingerprint density at radius 2 is 2.00 bits per heavy atom. The van der Waals surface area contributed by atoms with Crippen LogP contribution >= 0.6 is 11.8 Å². The molecular formula is C16H13F2N3OS. The van der Waals surface area contributed by atoms with Crippen molar-refractivity contribution in [2.75, 3.05) is 5.84 Å². The largest absolute Gasteiger partial charge is 0.334 e. The molecule has 3 aromatic rings. The van der Waals surface area contributed by atoms with Crippen LogP contribution in [-0.2, 0) is 5.75 Å². The molecule has 23 heavy (non-hydrogen) atoms. The predicted octanol–water partition coefficient (Wildman–Crippen LogP) is 2.99. The van der Waals surface area contributed by atoms with Crippen molar-refractivity contribution < 1.29 is 8.78 Å². The average molecular weight is 333 g/mol. The Morgan fingerprint density at radius 3 is 2.78 bits per heavy atom. The number of aromatic nitrogens is 2. The zero-order valence-corrected chi connectivity index (χ0v) is 13.0. The molecule has 1 aromatic heterocycles. The number of hydrogen-bond acceptors (Lipinski definition) is 4. The first kappa shape index (κ1) is 15.5. The number of thioether (sulfide) groups is 1. The first-order valence-electron chi connectivity index (χ1n) is 6.81. The summed E-state index contributed by atoms with van der Waals surface area (Å²) in [5.74, 6) is 4.87. The molecule has 0 amide bonds. The van der Waals surface area contributed by atoms with Crippen LogP contribution in [-0.4, -0.2) is 9.66 Å². The zero-order valence-electron chi connectivity index (χ0n) is 12.2. The van der Waals surface area contributed by atoms with Gasteiger partial charge in [-0.3, -0.25) is 4.79 Å². The van der Waals surface area contributed by atoms with E-state index in [-0.39, 0.29) is 22.0 Å². The van der Waals surface area contributed by atoms with Crippen molar-refractivity contribution in [2.45, 2.75) is 17.8 Å². The fourth-order valence-electron chi connectivity index (χ4n) is 2.19. The summed E-state index contributed by atoms with van der Waals surface area (Å²) in [5, 5.41) is 0.670. The molecule has 2 aromatic carbocycles. The highest BCUT2D eigenvalue weighted by atomic mass is 32.2. The monoisotopic (exact) mass is 333 g/mol. The van der Waals surface area contributed by atoms with E-state index in [1.807, 2.05) is 13.0 Å². The van der Waals surface area contributed by atoms with Crippen LogP contribution in [0.4, 0.5) is 8.78 Å². The van der Waals surface area contributed by atoms with Gasteiger partial charge in [-0.25, -0.2) is 18.4 Å². The van der Waals surface area contributed by atoms with Crippen LogP contribution in [0.3, 0.4) is 0 Å². The van der Waals surface area contributed by atoms with E-state index in [4.69, 9.17) is 5.84 Å². The predicted molar refractivity (Wildman–Crippen MR) is 86.8 cm³/mol. The SMILES string of the molecule is Cc1ccc2nc(SCc3cc(F)ccc3F)n(N)c(=O)c2c1. The molecule has 1 heterocycles. The summed E-state index contributed by atoms with van der Waals surface area (Å²) in [4.78, 5) is 16.6. The Balaban J connectivity index is 1.97. The van der Waals surface area contributed by atoms with E-state index in [0.29, 0.717) is 10.9 Å². The average Bonchev–Trinajstić information content (AvgIpc) is 2.53. The van der Waals surface area contributed by atoms with Gasteiger partial charge in [0.1, 0.15) is 11.6 Å². The lowest BCUT2D eigenvalue weighted by molar-refractivity contribution is 0.591. The normalized spacial score (nSPS) is 11.1. The maximum absolute atomic E-state index is 13.6.